The van der Waals surface area contributed by atoms with Crippen LogP contribution in [0.25, 0.3) is 0 Å². The first-order valence-corrected chi connectivity index (χ1v) is 18.6. The first-order valence-electron chi connectivity index (χ1n) is 17.6. The highest BCUT2D eigenvalue weighted by Crippen LogP contribution is 2.45. The molecular weight excluding hydrogens is 644 g/mol. The lowest BCUT2D eigenvalue weighted by Gasteiger charge is -2.43. The van der Waals surface area contributed by atoms with Crippen LogP contribution in [0, 0.1) is 23.2 Å². The Morgan fingerprint density at radius 1 is 1.21 bits per heavy atom. The van der Waals surface area contributed by atoms with Gasteiger partial charge in [-0.1, -0.05) is 68.6 Å². The van der Waals surface area contributed by atoms with Gasteiger partial charge in [-0.15, -0.1) is 9.24 Å². The second-order valence-electron chi connectivity index (χ2n) is 13.7. The number of fused-ring (bicyclic) bond motifs is 1. The van der Waals surface area contributed by atoms with Crippen molar-refractivity contribution in [2.75, 3.05) is 33.3 Å². The zero-order valence-corrected chi connectivity index (χ0v) is 31.2. The molecule has 0 radical (unpaired) electrons. The van der Waals surface area contributed by atoms with Crippen molar-refractivity contribution < 1.29 is 13.9 Å². The lowest BCUT2D eigenvalue weighted by atomic mass is 9.80. The first-order chi connectivity index (χ1) is 23.0. The van der Waals surface area contributed by atoms with Gasteiger partial charge in [0, 0.05) is 36.7 Å². The number of halogens is 2. The Hall–Kier alpha value is -2.72. The molecule has 3 aliphatic heterocycles. The molecule has 1 amide bonds. The fourth-order valence-electron chi connectivity index (χ4n) is 7.46. The second-order valence-corrected chi connectivity index (χ2v) is 14.9. The number of carbonyl (C=O) groups is 1. The van der Waals surface area contributed by atoms with Gasteiger partial charge in [0.2, 0.25) is 5.88 Å². The summed E-state index contributed by atoms with van der Waals surface area (Å²) in [5.41, 5.74) is 3.83. The summed E-state index contributed by atoms with van der Waals surface area (Å²) in [5, 5.41) is 10.4. The smallest absolute Gasteiger partial charge is 0.282 e. The van der Waals surface area contributed by atoms with Crippen molar-refractivity contribution >= 4 is 32.6 Å². The van der Waals surface area contributed by atoms with Gasteiger partial charge in [-0.3, -0.25) is 9.69 Å². The molecule has 1 saturated carbocycles. The highest BCUT2D eigenvalue weighted by molar-refractivity contribution is 7.18. The van der Waals surface area contributed by atoms with Crippen LogP contribution >= 0.6 is 20.8 Å². The number of amidine groups is 1. The molecule has 5 atom stereocenters. The van der Waals surface area contributed by atoms with Gasteiger partial charge in [0.15, 0.2) is 5.83 Å². The van der Waals surface area contributed by atoms with E-state index in [9.17, 15) is 14.4 Å². The largest absolute Gasteiger partial charge is 0.476 e. The molecule has 0 N–H and O–H groups in total. The zero-order chi connectivity index (χ0) is 35.0. The van der Waals surface area contributed by atoms with E-state index in [0.29, 0.717) is 49.5 Å². The first kappa shape index (κ1) is 38.1. The number of aliphatic imine (C=N–C) groups is 1. The van der Waals surface area contributed by atoms with Crippen LogP contribution in [0.3, 0.4) is 0 Å². The van der Waals surface area contributed by atoms with Gasteiger partial charge in [0.05, 0.1) is 18.5 Å². The van der Waals surface area contributed by atoms with Gasteiger partial charge in [0.25, 0.3) is 5.91 Å². The number of ether oxygens (including phenoxy) is 1. The average Bonchev–Trinajstić information content (AvgIpc) is 3.54. The van der Waals surface area contributed by atoms with Crippen LogP contribution in [0.4, 0.5) is 4.39 Å². The third-order valence-electron chi connectivity index (χ3n) is 10.8. The third kappa shape index (κ3) is 9.09. The number of hydrogen-bond donors (Lipinski definition) is 0. The van der Waals surface area contributed by atoms with E-state index >= 15 is 0 Å². The van der Waals surface area contributed by atoms with Gasteiger partial charge in [-0.25, -0.2) is 4.39 Å². The lowest BCUT2D eigenvalue weighted by molar-refractivity contribution is -0.132. The van der Waals surface area contributed by atoms with Gasteiger partial charge in [-0.05, 0) is 93.8 Å². The van der Waals surface area contributed by atoms with Crippen LogP contribution in [0.1, 0.15) is 77.7 Å². The zero-order valence-electron chi connectivity index (χ0n) is 29.3. The number of carbonyl (C=O) groups excluding carboxylic acids is 1. The van der Waals surface area contributed by atoms with Crippen LogP contribution in [0.15, 0.2) is 65.3 Å². The number of allylic oxidation sites excluding steroid dienone is 1. The Labute approximate surface area is 295 Å². The van der Waals surface area contributed by atoms with E-state index in [1.54, 1.807) is 0 Å². The monoisotopic (exact) mass is 697 g/mol. The summed E-state index contributed by atoms with van der Waals surface area (Å²) < 4.78 is 20.0. The number of hydrogen-bond acceptors (Lipinski definition) is 5. The molecule has 4 fully saturated rings. The van der Waals surface area contributed by atoms with Crippen molar-refractivity contribution in [3.63, 3.8) is 0 Å². The third-order valence-corrected chi connectivity index (χ3v) is 12.2. The molecule has 1 aromatic carbocycles. The van der Waals surface area contributed by atoms with Crippen molar-refractivity contribution in [2.45, 2.75) is 102 Å². The molecule has 3 heterocycles. The highest BCUT2D eigenvalue weighted by atomic mass is 35.5. The number of likely N-dealkylation sites (N-methyl/N-ethyl adjacent to an activating group) is 1. The summed E-state index contributed by atoms with van der Waals surface area (Å²) in [7, 11) is 5.23. The van der Waals surface area contributed by atoms with Crippen LogP contribution in [-0.4, -0.2) is 83.5 Å². The van der Waals surface area contributed by atoms with E-state index in [-0.39, 0.29) is 18.6 Å². The van der Waals surface area contributed by atoms with Crippen molar-refractivity contribution in [2.24, 2.45) is 16.8 Å². The summed E-state index contributed by atoms with van der Waals surface area (Å²) in [6.45, 7) is 15.6. The van der Waals surface area contributed by atoms with Crippen molar-refractivity contribution in [1.29, 1.82) is 5.26 Å². The normalized spacial score (nSPS) is 27.1. The molecule has 5 aliphatic rings. The number of unbranched alkanes of at least 4 members (excludes halogenated alkanes) is 1. The summed E-state index contributed by atoms with van der Waals surface area (Å²) in [4.78, 5) is 23.5. The average molecular weight is 698 g/mol. The number of aryl methyl sites for hydroxylation is 1. The Bertz CT molecular complexity index is 1420. The molecule has 0 spiro atoms. The minimum Gasteiger partial charge on any atom is -0.476 e. The maximum absolute atomic E-state index is 13.9. The molecular formula is C38H54ClFN5O2P. The fraction of sp³-hybridized carbons (Fsp3) is 0.605. The van der Waals surface area contributed by atoms with Crippen LogP contribution < -0.4 is 0 Å². The Morgan fingerprint density at radius 2 is 1.92 bits per heavy atom. The molecule has 6 rings (SSSR count). The Balaban J connectivity index is 0.00000123. The molecule has 10 heteroatoms. The lowest BCUT2D eigenvalue weighted by Crippen LogP contribution is -2.57. The molecule has 1 aromatic rings. The number of benzene rings is 1. The molecule has 5 unspecified atom stereocenters. The fourth-order valence-corrected chi connectivity index (χ4v) is 8.28. The van der Waals surface area contributed by atoms with E-state index in [4.69, 9.17) is 21.3 Å². The molecule has 7 nitrogen and oxygen atoms in total. The van der Waals surface area contributed by atoms with E-state index in [1.165, 1.54) is 41.7 Å². The quantitative estimate of drug-likeness (QED) is 0.0772. The number of piperazine rings is 1. The van der Waals surface area contributed by atoms with E-state index in [2.05, 4.69) is 72.2 Å². The maximum Gasteiger partial charge on any atom is 0.282 e. The number of nitrogens with zero attached hydrogens (tertiary/aromatic N) is 5. The van der Waals surface area contributed by atoms with Crippen LogP contribution in [0.2, 0.25) is 5.02 Å². The van der Waals surface area contributed by atoms with E-state index in [0.717, 1.165) is 42.1 Å². The van der Waals surface area contributed by atoms with Crippen LogP contribution in [-0.2, 0) is 16.0 Å². The standard InChI is InChI=1S/C34H44ClFN5O2P.C4H10/c1-21-29(12-11-25(32(21)44)10-9-24-7-5-6-8-30(24)35)33(38-23(3)43-20-31-26-17-28(18-26)39(31)4)40-15-16-41(34(42)22(2)36)27(19-40)13-14-37;1-3-4-2/h5-8,25-28,31-32H,2-3,9-13,15-20,44H2,1,4H3;3-4H2,1-2H3/b38-33+;. The minimum atomic E-state index is -1.01. The summed E-state index contributed by atoms with van der Waals surface area (Å²) in [5.74, 6) is 0.532. The van der Waals surface area contributed by atoms with Gasteiger partial charge < -0.3 is 14.5 Å². The van der Waals surface area contributed by atoms with E-state index < -0.39 is 17.8 Å². The van der Waals surface area contributed by atoms with Crippen molar-refractivity contribution in [3.05, 3.63) is 70.9 Å². The van der Waals surface area contributed by atoms with Crippen molar-refractivity contribution in [1.82, 2.24) is 14.7 Å². The minimum absolute atomic E-state index is 0.0885. The summed E-state index contributed by atoms with van der Waals surface area (Å²) in [6, 6.07) is 10.8. The predicted octanol–water partition coefficient (Wildman–Crippen LogP) is 7.94. The Kier molecular flexibility index (Phi) is 14.1. The topological polar surface area (TPSA) is 72.2 Å². The van der Waals surface area contributed by atoms with E-state index in [1.807, 2.05) is 18.2 Å². The number of nitriles is 1. The predicted molar refractivity (Wildman–Crippen MR) is 197 cm³/mol. The molecule has 2 bridgehead atoms. The maximum atomic E-state index is 13.9. The molecule has 0 aromatic heterocycles. The second kappa shape index (κ2) is 17.8. The van der Waals surface area contributed by atoms with Gasteiger partial charge in [-0.2, -0.15) is 10.3 Å². The van der Waals surface area contributed by atoms with Gasteiger partial charge >= 0.3 is 0 Å². The summed E-state index contributed by atoms with van der Waals surface area (Å²) >= 11 is 6.44. The molecule has 48 heavy (non-hydrogen) atoms. The summed E-state index contributed by atoms with van der Waals surface area (Å²) in [6.07, 6.45) is 8.99. The van der Waals surface area contributed by atoms with Crippen molar-refractivity contribution in [3.8, 4) is 6.07 Å². The molecule has 3 saturated heterocycles. The SMILES string of the molecule is C=C(/N=C(\C1=C(C)C(P)C(CCc2ccccc2Cl)CC1)N1CCN(C(=O)C(=C)F)C(CC#N)C1)OCC1C2CC(C2)N1C.CCCC. The molecule has 2 aliphatic carbocycles. The highest BCUT2D eigenvalue weighted by Gasteiger charge is 2.48. The Morgan fingerprint density at radius 3 is 2.52 bits per heavy atom. The molecule has 262 valence electrons. The van der Waals surface area contributed by atoms with Gasteiger partial charge in [0.1, 0.15) is 12.4 Å². The van der Waals surface area contributed by atoms with Crippen LogP contribution in [0.5, 0.6) is 0 Å². The number of rotatable bonds is 11. The number of amides is 1.